The van der Waals surface area contributed by atoms with Gasteiger partial charge in [0.2, 0.25) is 0 Å². The Hall–Kier alpha value is -2.05. The maximum atomic E-state index is 11.4. The number of alkyl carbamates (subject to hydrolysis) is 1. The van der Waals surface area contributed by atoms with Crippen molar-refractivity contribution in [3.63, 3.8) is 0 Å². The molecule has 0 bridgehead atoms. The monoisotopic (exact) mass is 273 g/mol. The number of esters is 1. The van der Waals surface area contributed by atoms with Crippen molar-refractivity contribution in [3.8, 4) is 0 Å². The lowest BCUT2D eigenvalue weighted by molar-refractivity contribution is -0.144. The van der Waals surface area contributed by atoms with E-state index < -0.39 is 29.7 Å². The highest BCUT2D eigenvalue weighted by Crippen LogP contribution is 2.06. The van der Waals surface area contributed by atoms with Crippen LogP contribution in [-0.4, -0.2) is 41.4 Å². The lowest BCUT2D eigenvalue weighted by atomic mass is 10.2. The minimum atomic E-state index is -1.13. The summed E-state index contributed by atoms with van der Waals surface area (Å²) in [5.74, 6) is -1.81. The first-order valence-electron chi connectivity index (χ1n) is 5.67. The minimum Gasteiger partial charge on any atom is -0.478 e. The third-order valence-corrected chi connectivity index (χ3v) is 1.67. The molecule has 0 aromatic rings. The number of carbonyl (C=O) groups excluding carboxylic acids is 2. The number of aliphatic carboxylic acids is 1. The van der Waals surface area contributed by atoms with Crippen LogP contribution in [0.25, 0.3) is 0 Å². The predicted octanol–water partition coefficient (Wildman–Crippen LogP) is 1.08. The number of hydrogen-bond donors (Lipinski definition) is 2. The zero-order valence-electron chi connectivity index (χ0n) is 11.4. The van der Waals surface area contributed by atoms with Gasteiger partial charge < -0.3 is 19.9 Å². The van der Waals surface area contributed by atoms with Crippen LogP contribution in [0, 0.1) is 0 Å². The Labute approximate surface area is 111 Å². The minimum absolute atomic E-state index is 0.175. The summed E-state index contributed by atoms with van der Waals surface area (Å²) in [4.78, 5) is 32.9. The van der Waals surface area contributed by atoms with E-state index in [2.05, 4.69) is 5.32 Å². The van der Waals surface area contributed by atoms with Gasteiger partial charge in [0.15, 0.2) is 0 Å². The number of carboxylic acids is 1. The van der Waals surface area contributed by atoms with Gasteiger partial charge in [-0.1, -0.05) is 0 Å². The molecule has 7 heteroatoms. The number of ether oxygens (including phenoxy) is 2. The van der Waals surface area contributed by atoms with E-state index in [1.54, 1.807) is 20.8 Å². The molecule has 0 aliphatic carbocycles. The number of carboxylic acid groups (broad SMARTS) is 1. The zero-order valence-corrected chi connectivity index (χ0v) is 11.4. The van der Waals surface area contributed by atoms with E-state index in [1.165, 1.54) is 13.0 Å². The largest absolute Gasteiger partial charge is 0.478 e. The Morgan fingerprint density at radius 3 is 2.37 bits per heavy atom. The number of carbonyl (C=O) groups is 3. The molecule has 0 spiro atoms. The Kier molecular flexibility index (Phi) is 6.60. The lowest BCUT2D eigenvalue weighted by Crippen LogP contribution is -2.42. The first kappa shape index (κ1) is 16.9. The van der Waals surface area contributed by atoms with Crippen molar-refractivity contribution in [1.29, 1.82) is 0 Å². The van der Waals surface area contributed by atoms with Crippen LogP contribution >= 0.6 is 0 Å². The van der Waals surface area contributed by atoms with Crippen molar-refractivity contribution in [3.05, 3.63) is 12.2 Å². The van der Waals surface area contributed by atoms with Crippen LogP contribution in [0.3, 0.4) is 0 Å². The Morgan fingerprint density at radius 2 is 1.89 bits per heavy atom. The van der Waals surface area contributed by atoms with Crippen molar-refractivity contribution in [1.82, 2.24) is 5.32 Å². The average molecular weight is 273 g/mol. The summed E-state index contributed by atoms with van der Waals surface area (Å²) in [5, 5.41) is 10.6. The van der Waals surface area contributed by atoms with E-state index in [1.807, 2.05) is 0 Å². The fourth-order valence-electron chi connectivity index (χ4n) is 0.947. The summed E-state index contributed by atoms with van der Waals surface area (Å²) in [6.07, 6.45) is 1.32. The van der Waals surface area contributed by atoms with Crippen molar-refractivity contribution in [2.75, 3.05) is 6.61 Å². The Morgan fingerprint density at radius 1 is 1.32 bits per heavy atom. The van der Waals surface area contributed by atoms with Crippen LogP contribution in [0.5, 0.6) is 0 Å². The average Bonchev–Trinajstić information content (AvgIpc) is 2.20. The highest BCUT2D eigenvalue weighted by molar-refractivity contribution is 5.81. The molecule has 0 aromatic carbocycles. The van der Waals surface area contributed by atoms with Crippen LogP contribution in [0.2, 0.25) is 0 Å². The molecule has 0 heterocycles. The molecular formula is C12H19NO6. The van der Waals surface area contributed by atoms with Gasteiger partial charge in [-0.2, -0.15) is 0 Å². The molecule has 0 aliphatic heterocycles. The topological polar surface area (TPSA) is 102 Å². The standard InChI is InChI=1S/C12H19NO6/c1-8(13-11(17)19-12(2,3)4)10(16)18-7-5-6-9(14)15/h5-6,8H,7H2,1-4H3,(H,13,17)(H,14,15)/b6-5+/t8-/m0/s1. The fourth-order valence-corrected chi connectivity index (χ4v) is 0.947. The van der Waals surface area contributed by atoms with E-state index >= 15 is 0 Å². The molecule has 0 unspecified atom stereocenters. The molecule has 0 aromatic heterocycles. The first-order valence-corrected chi connectivity index (χ1v) is 5.67. The molecule has 0 fully saturated rings. The second-order valence-corrected chi connectivity index (χ2v) is 4.74. The third-order valence-electron chi connectivity index (χ3n) is 1.67. The summed E-state index contributed by atoms with van der Waals surface area (Å²) in [6.45, 7) is 6.36. The van der Waals surface area contributed by atoms with E-state index in [0.717, 1.165) is 6.08 Å². The second-order valence-electron chi connectivity index (χ2n) is 4.74. The molecule has 0 radical (unpaired) electrons. The Bertz CT molecular complexity index is 369. The zero-order chi connectivity index (χ0) is 15.1. The van der Waals surface area contributed by atoms with Gasteiger partial charge in [0, 0.05) is 6.08 Å². The quantitative estimate of drug-likeness (QED) is 0.574. The summed E-state index contributed by atoms with van der Waals surface area (Å²) in [5.41, 5.74) is -0.655. The smallest absolute Gasteiger partial charge is 0.408 e. The molecular weight excluding hydrogens is 254 g/mol. The van der Waals surface area contributed by atoms with Gasteiger partial charge >= 0.3 is 18.0 Å². The maximum Gasteiger partial charge on any atom is 0.408 e. The van der Waals surface area contributed by atoms with E-state index in [9.17, 15) is 14.4 Å². The van der Waals surface area contributed by atoms with Crippen molar-refractivity contribution < 1.29 is 29.0 Å². The predicted molar refractivity (Wildman–Crippen MR) is 66.6 cm³/mol. The number of rotatable bonds is 5. The number of nitrogens with one attached hydrogen (secondary N) is 1. The maximum absolute atomic E-state index is 11.4. The molecule has 7 nitrogen and oxygen atoms in total. The molecule has 1 atom stereocenters. The van der Waals surface area contributed by atoms with E-state index in [0.29, 0.717) is 0 Å². The molecule has 2 N–H and O–H groups in total. The van der Waals surface area contributed by atoms with Gasteiger partial charge in [-0.3, -0.25) is 0 Å². The van der Waals surface area contributed by atoms with Crippen molar-refractivity contribution >= 4 is 18.0 Å². The summed E-state index contributed by atoms with van der Waals surface area (Å²) in [7, 11) is 0. The lowest BCUT2D eigenvalue weighted by Gasteiger charge is -2.21. The molecule has 0 rings (SSSR count). The molecule has 108 valence electrons. The summed E-state index contributed by atoms with van der Waals surface area (Å²) in [6, 6.07) is -0.881. The van der Waals surface area contributed by atoms with Gasteiger partial charge in [0.05, 0.1) is 0 Å². The van der Waals surface area contributed by atoms with Crippen LogP contribution < -0.4 is 5.32 Å². The van der Waals surface area contributed by atoms with E-state index in [-0.39, 0.29) is 6.61 Å². The normalized spacial score (nSPS) is 12.8. The van der Waals surface area contributed by atoms with Gasteiger partial charge in [0.1, 0.15) is 18.2 Å². The van der Waals surface area contributed by atoms with Gasteiger partial charge in [-0.15, -0.1) is 0 Å². The van der Waals surface area contributed by atoms with Crippen LogP contribution in [0.4, 0.5) is 4.79 Å². The molecule has 1 amide bonds. The number of amides is 1. The fraction of sp³-hybridized carbons (Fsp3) is 0.583. The van der Waals surface area contributed by atoms with Crippen LogP contribution in [0.15, 0.2) is 12.2 Å². The summed E-state index contributed by atoms with van der Waals surface area (Å²) < 4.78 is 9.69. The first-order chi connectivity index (χ1) is 8.61. The van der Waals surface area contributed by atoms with E-state index in [4.69, 9.17) is 14.6 Å². The van der Waals surface area contributed by atoms with Crippen molar-refractivity contribution in [2.45, 2.75) is 39.3 Å². The SMILES string of the molecule is C[C@H](NC(=O)OC(C)(C)C)C(=O)OC/C=C/C(=O)O. The molecule has 0 saturated carbocycles. The third kappa shape index (κ3) is 9.63. The van der Waals surface area contributed by atoms with Crippen LogP contribution in [-0.2, 0) is 19.1 Å². The highest BCUT2D eigenvalue weighted by Gasteiger charge is 2.21. The van der Waals surface area contributed by atoms with Crippen LogP contribution in [0.1, 0.15) is 27.7 Å². The highest BCUT2D eigenvalue weighted by atomic mass is 16.6. The van der Waals surface area contributed by atoms with Crippen molar-refractivity contribution in [2.24, 2.45) is 0 Å². The number of hydrogen-bond acceptors (Lipinski definition) is 5. The molecule has 0 saturated heterocycles. The molecule has 19 heavy (non-hydrogen) atoms. The van der Waals surface area contributed by atoms with Gasteiger partial charge in [-0.25, -0.2) is 14.4 Å². The second kappa shape index (κ2) is 7.40. The molecule has 0 aliphatic rings. The van der Waals surface area contributed by atoms with Gasteiger partial charge in [0.25, 0.3) is 0 Å². The van der Waals surface area contributed by atoms with Gasteiger partial charge in [-0.05, 0) is 33.8 Å². The Balaban J connectivity index is 4.07. The summed E-state index contributed by atoms with van der Waals surface area (Å²) >= 11 is 0.